The van der Waals surface area contributed by atoms with E-state index < -0.39 is 5.97 Å². The van der Waals surface area contributed by atoms with Crippen LogP contribution in [-0.4, -0.2) is 17.5 Å². The van der Waals surface area contributed by atoms with Crippen molar-refractivity contribution in [2.45, 2.75) is 6.61 Å². The number of carbonyl (C=O) groups is 3. The molecule has 144 valence electrons. The topological polar surface area (TPSA) is 60.4 Å². The summed E-state index contributed by atoms with van der Waals surface area (Å²) in [5.41, 5.74) is 2.00. The number of fused-ring (bicyclic) bond motifs is 3. The summed E-state index contributed by atoms with van der Waals surface area (Å²) in [7, 11) is 0. The molecule has 0 saturated heterocycles. The van der Waals surface area contributed by atoms with E-state index >= 15 is 0 Å². The van der Waals surface area contributed by atoms with Gasteiger partial charge >= 0.3 is 5.97 Å². The van der Waals surface area contributed by atoms with Gasteiger partial charge in [-0.3, -0.25) is 9.59 Å². The minimum absolute atomic E-state index is 0.0720. The van der Waals surface area contributed by atoms with Crippen molar-refractivity contribution < 1.29 is 19.1 Å². The molecule has 0 unspecified atom stereocenters. The van der Waals surface area contributed by atoms with Crippen molar-refractivity contribution in [3.63, 3.8) is 0 Å². The van der Waals surface area contributed by atoms with Gasteiger partial charge in [0.2, 0.25) is 0 Å². The first-order valence-electron chi connectivity index (χ1n) is 9.60. The minimum atomic E-state index is -0.625. The van der Waals surface area contributed by atoms with Gasteiger partial charge in [0.15, 0.2) is 11.6 Å². The van der Waals surface area contributed by atoms with E-state index in [2.05, 4.69) is 0 Å². The average molecular weight is 392 g/mol. The maximum absolute atomic E-state index is 13.1. The lowest BCUT2D eigenvalue weighted by molar-refractivity contribution is 0.0471. The number of rotatable bonds is 3. The Kier molecular flexibility index (Phi) is 4.25. The van der Waals surface area contributed by atoms with Gasteiger partial charge in [0.25, 0.3) is 0 Å². The highest BCUT2D eigenvalue weighted by atomic mass is 16.5. The SMILES string of the molecule is O=C(OCc1cccc2ccccc12)c1cccc2c1C(=O)c1ccccc1C2=O. The highest BCUT2D eigenvalue weighted by molar-refractivity contribution is 6.30. The largest absolute Gasteiger partial charge is 0.457 e. The Morgan fingerprint density at radius 1 is 0.667 bits per heavy atom. The molecule has 1 aliphatic rings. The maximum atomic E-state index is 13.1. The second-order valence-corrected chi connectivity index (χ2v) is 7.15. The smallest absolute Gasteiger partial charge is 0.339 e. The normalized spacial score (nSPS) is 12.4. The second kappa shape index (κ2) is 7.08. The Morgan fingerprint density at radius 3 is 2.13 bits per heavy atom. The summed E-state index contributed by atoms with van der Waals surface area (Å²) in [4.78, 5) is 38.8. The molecule has 4 heteroatoms. The molecule has 0 heterocycles. The summed E-state index contributed by atoms with van der Waals surface area (Å²) >= 11 is 0. The molecule has 0 amide bonds. The third kappa shape index (κ3) is 2.81. The van der Waals surface area contributed by atoms with E-state index in [1.54, 1.807) is 36.4 Å². The fourth-order valence-corrected chi connectivity index (χ4v) is 3.95. The highest BCUT2D eigenvalue weighted by Gasteiger charge is 2.33. The number of hydrogen-bond donors (Lipinski definition) is 0. The van der Waals surface area contributed by atoms with Gasteiger partial charge in [-0.25, -0.2) is 4.79 Å². The van der Waals surface area contributed by atoms with Crippen molar-refractivity contribution in [1.82, 2.24) is 0 Å². The summed E-state index contributed by atoms with van der Waals surface area (Å²) in [6.45, 7) is 0.0720. The third-order valence-corrected chi connectivity index (χ3v) is 5.41. The predicted molar refractivity (Wildman–Crippen MR) is 113 cm³/mol. The molecule has 0 aromatic heterocycles. The molecule has 0 bridgehead atoms. The quantitative estimate of drug-likeness (QED) is 0.407. The molecule has 0 radical (unpaired) electrons. The number of ether oxygens (including phenoxy) is 1. The molecule has 0 saturated carbocycles. The fourth-order valence-electron chi connectivity index (χ4n) is 3.95. The van der Waals surface area contributed by atoms with Crippen LogP contribution in [0.2, 0.25) is 0 Å². The second-order valence-electron chi connectivity index (χ2n) is 7.15. The van der Waals surface area contributed by atoms with E-state index in [0.29, 0.717) is 11.1 Å². The van der Waals surface area contributed by atoms with Gasteiger partial charge in [-0.1, -0.05) is 78.9 Å². The van der Waals surface area contributed by atoms with Crippen LogP contribution in [0.5, 0.6) is 0 Å². The Bertz CT molecular complexity index is 1350. The average Bonchev–Trinajstić information content (AvgIpc) is 2.80. The number of esters is 1. The van der Waals surface area contributed by atoms with Crippen molar-refractivity contribution in [2.24, 2.45) is 0 Å². The Labute approximate surface area is 172 Å². The van der Waals surface area contributed by atoms with E-state index in [0.717, 1.165) is 16.3 Å². The Balaban J connectivity index is 1.49. The number of carbonyl (C=O) groups excluding carboxylic acids is 3. The summed E-state index contributed by atoms with van der Waals surface area (Å²) < 4.78 is 5.56. The molecule has 0 aliphatic heterocycles. The van der Waals surface area contributed by atoms with Crippen LogP contribution in [-0.2, 0) is 11.3 Å². The molecule has 0 atom stereocenters. The van der Waals surface area contributed by atoms with Crippen LogP contribution in [0.15, 0.2) is 84.9 Å². The number of ketones is 2. The summed E-state index contributed by atoms with van der Waals surface area (Å²) in [5.74, 6) is -1.22. The summed E-state index contributed by atoms with van der Waals surface area (Å²) in [5, 5.41) is 2.06. The van der Waals surface area contributed by atoms with Gasteiger partial charge in [-0.05, 0) is 22.4 Å². The molecule has 4 aromatic rings. The molecule has 5 rings (SSSR count). The van der Waals surface area contributed by atoms with E-state index in [4.69, 9.17) is 4.74 Å². The van der Waals surface area contributed by atoms with Crippen LogP contribution >= 0.6 is 0 Å². The zero-order valence-corrected chi connectivity index (χ0v) is 15.9. The lowest BCUT2D eigenvalue weighted by Gasteiger charge is -2.19. The van der Waals surface area contributed by atoms with Gasteiger partial charge in [0.05, 0.1) is 5.56 Å². The summed E-state index contributed by atoms with van der Waals surface area (Å²) in [6.07, 6.45) is 0. The van der Waals surface area contributed by atoms with Crippen LogP contribution in [0.25, 0.3) is 10.8 Å². The zero-order chi connectivity index (χ0) is 20.7. The monoisotopic (exact) mass is 392 g/mol. The zero-order valence-electron chi connectivity index (χ0n) is 15.9. The minimum Gasteiger partial charge on any atom is -0.457 e. The van der Waals surface area contributed by atoms with Crippen LogP contribution < -0.4 is 0 Å². The molecular formula is C26H16O4. The van der Waals surface area contributed by atoms with E-state index in [1.165, 1.54) is 6.07 Å². The predicted octanol–water partition coefficient (Wildman–Crippen LogP) is 4.97. The molecule has 0 N–H and O–H groups in total. The van der Waals surface area contributed by atoms with Crippen LogP contribution in [0.3, 0.4) is 0 Å². The van der Waals surface area contributed by atoms with Crippen LogP contribution in [0.1, 0.15) is 47.8 Å². The van der Waals surface area contributed by atoms with Crippen molar-refractivity contribution in [3.05, 3.63) is 118 Å². The van der Waals surface area contributed by atoms with Gasteiger partial charge in [0, 0.05) is 22.3 Å². The van der Waals surface area contributed by atoms with Gasteiger partial charge in [-0.2, -0.15) is 0 Å². The molecule has 1 aliphatic carbocycles. The van der Waals surface area contributed by atoms with Gasteiger partial charge in [-0.15, -0.1) is 0 Å². The summed E-state index contributed by atoms with van der Waals surface area (Å²) in [6, 6.07) is 25.0. The fraction of sp³-hybridized carbons (Fsp3) is 0.0385. The highest BCUT2D eigenvalue weighted by Crippen LogP contribution is 2.30. The first-order chi connectivity index (χ1) is 14.6. The lowest BCUT2D eigenvalue weighted by atomic mass is 9.82. The van der Waals surface area contributed by atoms with E-state index in [-0.39, 0.29) is 34.9 Å². The first kappa shape index (κ1) is 18.0. The van der Waals surface area contributed by atoms with E-state index in [1.807, 2.05) is 42.5 Å². The standard InChI is InChI=1S/C26H16O4/c27-24-19-11-3-4-12-20(19)25(28)23-21(24)13-6-14-22(23)26(29)30-15-17-9-5-8-16-7-1-2-10-18(16)17/h1-14H,15H2. The van der Waals surface area contributed by atoms with Gasteiger partial charge < -0.3 is 4.74 Å². The van der Waals surface area contributed by atoms with Gasteiger partial charge in [0.1, 0.15) is 6.61 Å². The Hall–Kier alpha value is -4.05. The third-order valence-electron chi connectivity index (χ3n) is 5.41. The molecule has 4 aromatic carbocycles. The molecule has 0 fully saturated rings. The number of hydrogen-bond acceptors (Lipinski definition) is 4. The van der Waals surface area contributed by atoms with Crippen LogP contribution in [0.4, 0.5) is 0 Å². The van der Waals surface area contributed by atoms with Crippen molar-refractivity contribution >= 4 is 28.3 Å². The lowest BCUT2D eigenvalue weighted by Crippen LogP contribution is -2.24. The van der Waals surface area contributed by atoms with Crippen molar-refractivity contribution in [2.75, 3.05) is 0 Å². The maximum Gasteiger partial charge on any atom is 0.339 e. The first-order valence-corrected chi connectivity index (χ1v) is 9.60. The molecule has 30 heavy (non-hydrogen) atoms. The molecular weight excluding hydrogens is 376 g/mol. The molecule has 4 nitrogen and oxygen atoms in total. The van der Waals surface area contributed by atoms with Crippen molar-refractivity contribution in [1.29, 1.82) is 0 Å². The number of benzene rings is 4. The van der Waals surface area contributed by atoms with Crippen LogP contribution in [0, 0.1) is 0 Å². The Morgan fingerprint density at radius 2 is 1.30 bits per heavy atom. The van der Waals surface area contributed by atoms with Crippen molar-refractivity contribution in [3.8, 4) is 0 Å². The van der Waals surface area contributed by atoms with E-state index in [9.17, 15) is 14.4 Å². The molecule has 0 spiro atoms.